The van der Waals surface area contributed by atoms with Gasteiger partial charge in [0.05, 0.1) is 11.9 Å². The topological polar surface area (TPSA) is 161 Å². The Hall–Kier alpha value is -3.54. The van der Waals surface area contributed by atoms with Gasteiger partial charge in [-0.1, -0.05) is 10.4 Å². The number of aliphatic hydroxyl groups excluding tert-OH is 1. The molecule has 0 aliphatic rings. The molecule has 0 fully saturated rings. The van der Waals surface area contributed by atoms with Gasteiger partial charge in [0.2, 0.25) is 5.75 Å². The molecule has 0 radical (unpaired) electrons. The number of hydrogen-bond donors (Lipinski definition) is 3. The Bertz CT molecular complexity index is 1010. The van der Waals surface area contributed by atoms with Gasteiger partial charge in [0.25, 0.3) is 11.5 Å². The van der Waals surface area contributed by atoms with E-state index in [1.165, 1.54) is 24.2 Å². The summed E-state index contributed by atoms with van der Waals surface area (Å²) in [4.78, 5) is 28.8. The number of aliphatic hydroxyl groups is 1. The van der Waals surface area contributed by atoms with Crippen molar-refractivity contribution in [1.82, 2.24) is 29.7 Å². The third-order valence-electron chi connectivity index (χ3n) is 3.68. The van der Waals surface area contributed by atoms with Crippen LogP contribution in [0, 0.1) is 0 Å². The standard InChI is InChI=1S/C14H15N7O5/c1-20-12(9-8(3-4-22)21(2)19-18-9)17-10(11(23)14(20)25)13(24)16-7-5-15-26-6-7/h5-6,22-23H,3-4H2,1-2H3,(H,16,24). The minimum absolute atomic E-state index is 0.0276. The van der Waals surface area contributed by atoms with Gasteiger partial charge < -0.3 is 20.1 Å². The van der Waals surface area contributed by atoms with Gasteiger partial charge in [0.15, 0.2) is 17.2 Å². The van der Waals surface area contributed by atoms with E-state index >= 15 is 0 Å². The Labute approximate surface area is 145 Å². The molecule has 3 rings (SSSR count). The van der Waals surface area contributed by atoms with E-state index in [9.17, 15) is 19.8 Å². The Morgan fingerprint density at radius 1 is 1.38 bits per heavy atom. The van der Waals surface area contributed by atoms with Gasteiger partial charge >= 0.3 is 0 Å². The van der Waals surface area contributed by atoms with E-state index in [0.29, 0.717) is 5.69 Å². The molecule has 136 valence electrons. The van der Waals surface area contributed by atoms with Crippen molar-refractivity contribution in [2.75, 3.05) is 11.9 Å². The number of aromatic hydroxyl groups is 1. The number of carbonyl (C=O) groups is 1. The van der Waals surface area contributed by atoms with Crippen molar-refractivity contribution in [3.05, 3.63) is 34.2 Å². The third kappa shape index (κ3) is 2.93. The highest BCUT2D eigenvalue weighted by Gasteiger charge is 2.24. The molecule has 12 nitrogen and oxygen atoms in total. The number of anilines is 1. The lowest BCUT2D eigenvalue weighted by molar-refractivity contribution is 0.101. The second kappa shape index (κ2) is 6.76. The Morgan fingerprint density at radius 3 is 2.81 bits per heavy atom. The summed E-state index contributed by atoms with van der Waals surface area (Å²) in [7, 11) is 3.00. The van der Waals surface area contributed by atoms with Crippen molar-refractivity contribution in [3.8, 4) is 17.3 Å². The molecule has 1 amide bonds. The molecule has 0 unspecified atom stereocenters. The van der Waals surface area contributed by atoms with E-state index in [0.717, 1.165) is 4.57 Å². The second-order valence-corrected chi connectivity index (χ2v) is 5.35. The van der Waals surface area contributed by atoms with Crippen LogP contribution in [0.5, 0.6) is 5.75 Å². The first-order valence-corrected chi connectivity index (χ1v) is 7.44. The molecule has 0 aliphatic carbocycles. The van der Waals surface area contributed by atoms with Crippen LogP contribution in [-0.2, 0) is 20.5 Å². The minimum atomic E-state index is -0.828. The maximum absolute atomic E-state index is 12.4. The van der Waals surface area contributed by atoms with Crippen molar-refractivity contribution in [3.63, 3.8) is 0 Å². The monoisotopic (exact) mass is 361 g/mol. The van der Waals surface area contributed by atoms with Crippen LogP contribution in [0.4, 0.5) is 5.69 Å². The first-order valence-electron chi connectivity index (χ1n) is 7.44. The molecule has 3 heterocycles. The maximum Gasteiger partial charge on any atom is 0.296 e. The number of carbonyl (C=O) groups excluding carboxylic acids is 1. The summed E-state index contributed by atoms with van der Waals surface area (Å²) in [5, 5.41) is 32.9. The first-order chi connectivity index (χ1) is 12.4. The van der Waals surface area contributed by atoms with Crippen molar-refractivity contribution in [2.45, 2.75) is 6.42 Å². The molecule has 3 aromatic heterocycles. The van der Waals surface area contributed by atoms with Gasteiger partial charge in [0, 0.05) is 27.1 Å². The van der Waals surface area contributed by atoms with Crippen molar-refractivity contribution in [2.24, 2.45) is 14.1 Å². The number of aryl methyl sites for hydroxylation is 1. The Balaban J connectivity index is 2.12. The molecule has 0 atom stereocenters. The summed E-state index contributed by atoms with van der Waals surface area (Å²) in [6.07, 6.45) is 2.65. The van der Waals surface area contributed by atoms with Gasteiger partial charge in [-0.2, -0.15) is 0 Å². The summed E-state index contributed by atoms with van der Waals surface area (Å²) in [6, 6.07) is 0. The van der Waals surface area contributed by atoms with Crippen LogP contribution < -0.4 is 10.9 Å². The Morgan fingerprint density at radius 2 is 2.15 bits per heavy atom. The molecular weight excluding hydrogens is 346 g/mol. The number of nitrogens with one attached hydrogen (secondary N) is 1. The van der Waals surface area contributed by atoms with Crippen molar-refractivity contribution >= 4 is 11.6 Å². The zero-order chi connectivity index (χ0) is 18.8. The fourth-order valence-electron chi connectivity index (χ4n) is 2.35. The molecule has 0 spiro atoms. The predicted molar refractivity (Wildman–Crippen MR) is 86.4 cm³/mol. The summed E-state index contributed by atoms with van der Waals surface area (Å²) in [6.45, 7) is -0.166. The molecule has 12 heteroatoms. The van der Waals surface area contributed by atoms with Gasteiger partial charge in [-0.15, -0.1) is 5.10 Å². The van der Waals surface area contributed by atoms with E-state index < -0.39 is 22.9 Å². The third-order valence-corrected chi connectivity index (χ3v) is 3.68. The fraction of sp³-hybridized carbons (Fsp3) is 0.286. The minimum Gasteiger partial charge on any atom is -0.501 e. The zero-order valence-corrected chi connectivity index (χ0v) is 13.9. The average Bonchev–Trinajstić information content (AvgIpc) is 3.24. The zero-order valence-electron chi connectivity index (χ0n) is 13.9. The predicted octanol–water partition coefficient (Wildman–Crippen LogP) is -0.944. The van der Waals surface area contributed by atoms with Crippen LogP contribution in [-0.4, -0.2) is 52.4 Å². The number of hydrogen-bond acceptors (Lipinski definition) is 9. The number of amides is 1. The van der Waals surface area contributed by atoms with Gasteiger partial charge in [-0.3, -0.25) is 18.8 Å². The van der Waals surface area contributed by atoms with Crippen LogP contribution in [0.2, 0.25) is 0 Å². The highest BCUT2D eigenvalue weighted by Crippen LogP contribution is 2.21. The number of aromatic nitrogens is 6. The number of rotatable bonds is 5. The van der Waals surface area contributed by atoms with Crippen LogP contribution in [0.3, 0.4) is 0 Å². The van der Waals surface area contributed by atoms with Crippen molar-refractivity contribution < 1.29 is 19.5 Å². The van der Waals surface area contributed by atoms with Crippen LogP contribution >= 0.6 is 0 Å². The van der Waals surface area contributed by atoms with Crippen LogP contribution in [0.15, 0.2) is 21.8 Å². The van der Waals surface area contributed by atoms with Gasteiger partial charge in [-0.25, -0.2) is 4.98 Å². The lowest BCUT2D eigenvalue weighted by Gasteiger charge is -2.10. The first kappa shape index (κ1) is 17.3. The lowest BCUT2D eigenvalue weighted by Crippen LogP contribution is -2.25. The quantitative estimate of drug-likeness (QED) is 0.520. The molecule has 3 aromatic rings. The summed E-state index contributed by atoms with van der Waals surface area (Å²) in [5.74, 6) is -1.60. The normalized spacial score (nSPS) is 10.9. The maximum atomic E-state index is 12.4. The average molecular weight is 361 g/mol. The summed E-state index contributed by atoms with van der Waals surface area (Å²) < 4.78 is 7.09. The molecule has 3 N–H and O–H groups in total. The van der Waals surface area contributed by atoms with Gasteiger partial charge in [0.1, 0.15) is 12.0 Å². The van der Waals surface area contributed by atoms with E-state index in [4.69, 9.17) is 0 Å². The Kier molecular flexibility index (Phi) is 4.49. The van der Waals surface area contributed by atoms with Gasteiger partial charge in [-0.05, 0) is 0 Å². The lowest BCUT2D eigenvalue weighted by atomic mass is 10.2. The van der Waals surface area contributed by atoms with E-state index in [2.05, 4.69) is 30.3 Å². The van der Waals surface area contributed by atoms with Crippen molar-refractivity contribution in [1.29, 1.82) is 0 Å². The molecule has 0 saturated carbocycles. The second-order valence-electron chi connectivity index (χ2n) is 5.35. The fourth-order valence-corrected chi connectivity index (χ4v) is 2.35. The van der Waals surface area contributed by atoms with E-state index in [-0.39, 0.29) is 30.2 Å². The molecule has 26 heavy (non-hydrogen) atoms. The van der Waals surface area contributed by atoms with E-state index in [1.54, 1.807) is 7.05 Å². The number of nitrogens with zero attached hydrogens (tertiary/aromatic N) is 6. The molecule has 0 aromatic carbocycles. The smallest absolute Gasteiger partial charge is 0.296 e. The molecule has 0 aliphatic heterocycles. The highest BCUT2D eigenvalue weighted by molar-refractivity contribution is 6.04. The molecule has 0 bridgehead atoms. The SMILES string of the molecule is Cn1nnc(-c2nc(C(=O)Nc3cnoc3)c(O)c(=O)n2C)c1CCO. The van der Waals surface area contributed by atoms with Crippen LogP contribution in [0.1, 0.15) is 16.2 Å². The summed E-state index contributed by atoms with van der Waals surface area (Å²) in [5.41, 5.74) is -0.332. The molecular formula is C14H15N7O5. The van der Waals surface area contributed by atoms with Crippen LogP contribution in [0.25, 0.3) is 11.5 Å². The van der Waals surface area contributed by atoms with E-state index in [1.807, 2.05) is 0 Å². The highest BCUT2D eigenvalue weighted by atomic mass is 16.5. The largest absolute Gasteiger partial charge is 0.501 e. The molecule has 0 saturated heterocycles. The summed E-state index contributed by atoms with van der Waals surface area (Å²) >= 11 is 0.